The van der Waals surface area contributed by atoms with Crippen LogP contribution >= 0.6 is 0 Å². The molecule has 2 aromatic carbocycles. The minimum Gasteiger partial charge on any atom is -0.493 e. The highest BCUT2D eigenvalue weighted by Gasteiger charge is 2.17. The highest BCUT2D eigenvalue weighted by molar-refractivity contribution is 6.11. The van der Waals surface area contributed by atoms with Gasteiger partial charge >= 0.3 is 0 Å². The van der Waals surface area contributed by atoms with Gasteiger partial charge in [-0.25, -0.2) is 0 Å². The molecule has 0 unspecified atom stereocenters. The van der Waals surface area contributed by atoms with Crippen LogP contribution in [0.15, 0.2) is 30.3 Å². The van der Waals surface area contributed by atoms with Gasteiger partial charge in [0, 0.05) is 11.1 Å². The maximum atomic E-state index is 12.8. The van der Waals surface area contributed by atoms with Crippen LogP contribution in [-0.4, -0.2) is 20.0 Å². The highest BCUT2D eigenvalue weighted by atomic mass is 16.5. The summed E-state index contributed by atoms with van der Waals surface area (Å²) in [6.07, 6.45) is 0. The van der Waals surface area contributed by atoms with Crippen LogP contribution in [0.3, 0.4) is 0 Å². The first kappa shape index (κ1) is 15.1. The first-order valence-electron chi connectivity index (χ1n) is 6.82. The molecule has 0 aromatic heterocycles. The van der Waals surface area contributed by atoms with Gasteiger partial charge in [0.1, 0.15) is 0 Å². The lowest BCUT2D eigenvalue weighted by atomic mass is 9.94. The summed E-state index contributed by atoms with van der Waals surface area (Å²) in [7, 11) is 3.15. The van der Waals surface area contributed by atoms with E-state index in [1.165, 1.54) is 0 Å². The summed E-state index contributed by atoms with van der Waals surface area (Å²) in [4.78, 5) is 12.8. The van der Waals surface area contributed by atoms with Crippen molar-refractivity contribution in [2.24, 2.45) is 0 Å². The lowest BCUT2D eigenvalue weighted by Crippen LogP contribution is -2.07. The molecule has 2 aromatic rings. The van der Waals surface area contributed by atoms with Crippen molar-refractivity contribution in [3.8, 4) is 11.5 Å². The Morgan fingerprint density at radius 2 is 1.38 bits per heavy atom. The molecule has 0 atom stereocenters. The van der Waals surface area contributed by atoms with E-state index in [0.29, 0.717) is 17.1 Å². The van der Waals surface area contributed by atoms with Gasteiger partial charge in [0.05, 0.1) is 14.2 Å². The summed E-state index contributed by atoms with van der Waals surface area (Å²) < 4.78 is 10.6. The number of ketones is 1. The molecule has 110 valence electrons. The summed E-state index contributed by atoms with van der Waals surface area (Å²) in [5.74, 6) is 1.20. The summed E-state index contributed by atoms with van der Waals surface area (Å²) in [6, 6.07) is 9.42. The Morgan fingerprint density at radius 1 is 0.810 bits per heavy atom. The van der Waals surface area contributed by atoms with Gasteiger partial charge < -0.3 is 9.47 Å². The fourth-order valence-corrected chi connectivity index (χ4v) is 2.44. The smallest absolute Gasteiger partial charge is 0.193 e. The van der Waals surface area contributed by atoms with Crippen LogP contribution in [-0.2, 0) is 0 Å². The second-order valence-electron chi connectivity index (χ2n) is 5.17. The maximum absolute atomic E-state index is 12.8. The van der Waals surface area contributed by atoms with Gasteiger partial charge in [-0.2, -0.15) is 0 Å². The molecule has 0 saturated heterocycles. The molecule has 0 radical (unpaired) electrons. The van der Waals surface area contributed by atoms with Gasteiger partial charge in [-0.15, -0.1) is 0 Å². The van der Waals surface area contributed by atoms with Crippen molar-refractivity contribution in [2.75, 3.05) is 14.2 Å². The fourth-order valence-electron chi connectivity index (χ4n) is 2.44. The third-order valence-corrected chi connectivity index (χ3v) is 3.60. The minimum absolute atomic E-state index is 0.00551. The van der Waals surface area contributed by atoms with Crippen molar-refractivity contribution in [2.45, 2.75) is 20.8 Å². The van der Waals surface area contributed by atoms with E-state index >= 15 is 0 Å². The maximum Gasteiger partial charge on any atom is 0.193 e. The van der Waals surface area contributed by atoms with Crippen LogP contribution in [0.5, 0.6) is 11.5 Å². The van der Waals surface area contributed by atoms with Gasteiger partial charge in [0.2, 0.25) is 0 Å². The molecule has 0 aliphatic rings. The van der Waals surface area contributed by atoms with Gasteiger partial charge in [0.25, 0.3) is 0 Å². The SMILES string of the molecule is COc1cc(C)c(C(=O)c2ccc(C)cc2C)cc1OC. The normalized spacial score (nSPS) is 10.3. The molecule has 0 N–H and O–H groups in total. The van der Waals surface area contributed by atoms with Crippen LogP contribution in [0.25, 0.3) is 0 Å². The third kappa shape index (κ3) is 2.92. The van der Waals surface area contributed by atoms with E-state index in [-0.39, 0.29) is 5.78 Å². The van der Waals surface area contributed by atoms with E-state index in [0.717, 1.165) is 22.3 Å². The molecule has 0 aliphatic carbocycles. The van der Waals surface area contributed by atoms with Crippen LogP contribution < -0.4 is 9.47 Å². The molecule has 0 aliphatic heterocycles. The van der Waals surface area contributed by atoms with E-state index in [9.17, 15) is 4.79 Å². The van der Waals surface area contributed by atoms with Gasteiger partial charge in [0.15, 0.2) is 17.3 Å². The Bertz CT molecular complexity index is 687. The molecule has 0 bridgehead atoms. The van der Waals surface area contributed by atoms with Gasteiger partial charge in [-0.3, -0.25) is 4.79 Å². The summed E-state index contributed by atoms with van der Waals surface area (Å²) in [6.45, 7) is 5.87. The van der Waals surface area contributed by atoms with Crippen molar-refractivity contribution >= 4 is 5.78 Å². The zero-order valence-electron chi connectivity index (χ0n) is 13.1. The van der Waals surface area contributed by atoms with Crippen LogP contribution in [0, 0.1) is 20.8 Å². The number of aryl methyl sites for hydroxylation is 3. The molecule has 0 amide bonds. The third-order valence-electron chi connectivity index (χ3n) is 3.60. The first-order chi connectivity index (χ1) is 9.97. The molecular weight excluding hydrogens is 264 g/mol. The number of carbonyl (C=O) groups excluding carboxylic acids is 1. The Kier molecular flexibility index (Phi) is 4.32. The molecule has 0 saturated carbocycles. The topological polar surface area (TPSA) is 35.5 Å². The van der Waals surface area contributed by atoms with E-state index in [4.69, 9.17) is 9.47 Å². The summed E-state index contributed by atoms with van der Waals surface area (Å²) >= 11 is 0. The number of carbonyl (C=O) groups is 1. The zero-order chi connectivity index (χ0) is 15.6. The fraction of sp³-hybridized carbons (Fsp3) is 0.278. The molecule has 0 heterocycles. The second kappa shape index (κ2) is 6.00. The number of benzene rings is 2. The summed E-state index contributed by atoms with van der Waals surface area (Å²) in [5, 5.41) is 0. The molecule has 3 nitrogen and oxygen atoms in total. The van der Waals surface area contributed by atoms with E-state index in [2.05, 4.69) is 0 Å². The number of methoxy groups -OCH3 is 2. The Balaban J connectivity index is 2.53. The van der Waals surface area contributed by atoms with Gasteiger partial charge in [-0.1, -0.05) is 23.8 Å². The lowest BCUT2D eigenvalue weighted by Gasteiger charge is -2.13. The van der Waals surface area contributed by atoms with E-state index in [1.807, 2.05) is 45.0 Å². The van der Waals surface area contributed by atoms with E-state index in [1.54, 1.807) is 20.3 Å². The Labute approximate surface area is 125 Å². The Hall–Kier alpha value is -2.29. The highest BCUT2D eigenvalue weighted by Crippen LogP contribution is 2.31. The first-order valence-corrected chi connectivity index (χ1v) is 6.82. The van der Waals surface area contributed by atoms with Crippen molar-refractivity contribution < 1.29 is 14.3 Å². The van der Waals surface area contributed by atoms with Gasteiger partial charge in [-0.05, 0) is 44.0 Å². The number of hydrogen-bond acceptors (Lipinski definition) is 3. The van der Waals surface area contributed by atoms with Crippen molar-refractivity contribution in [1.29, 1.82) is 0 Å². The lowest BCUT2D eigenvalue weighted by molar-refractivity contribution is 0.103. The van der Waals surface area contributed by atoms with Crippen LogP contribution in [0.1, 0.15) is 32.6 Å². The standard InChI is InChI=1S/C18H20O3/c1-11-6-7-14(12(2)8-11)18(19)15-10-17(21-5)16(20-4)9-13(15)3/h6-10H,1-5H3. The monoisotopic (exact) mass is 284 g/mol. The average molecular weight is 284 g/mol. The predicted molar refractivity (Wildman–Crippen MR) is 83.6 cm³/mol. The average Bonchev–Trinajstić information content (AvgIpc) is 2.46. The van der Waals surface area contributed by atoms with Crippen molar-refractivity contribution in [1.82, 2.24) is 0 Å². The molecule has 0 fully saturated rings. The van der Waals surface area contributed by atoms with Crippen LogP contribution in [0.4, 0.5) is 0 Å². The summed E-state index contributed by atoms with van der Waals surface area (Å²) in [5.41, 5.74) is 4.36. The number of ether oxygens (including phenoxy) is 2. The largest absolute Gasteiger partial charge is 0.493 e. The minimum atomic E-state index is 0.00551. The second-order valence-corrected chi connectivity index (χ2v) is 5.17. The molecule has 0 spiro atoms. The molecule has 21 heavy (non-hydrogen) atoms. The number of rotatable bonds is 4. The van der Waals surface area contributed by atoms with Crippen molar-refractivity contribution in [3.63, 3.8) is 0 Å². The number of hydrogen-bond donors (Lipinski definition) is 0. The molecular formula is C18H20O3. The quantitative estimate of drug-likeness (QED) is 0.800. The zero-order valence-corrected chi connectivity index (χ0v) is 13.1. The Morgan fingerprint density at radius 3 is 1.95 bits per heavy atom. The predicted octanol–water partition coefficient (Wildman–Crippen LogP) is 3.86. The van der Waals surface area contributed by atoms with Crippen molar-refractivity contribution in [3.05, 3.63) is 58.1 Å². The molecule has 2 rings (SSSR count). The molecule has 3 heteroatoms. The van der Waals surface area contributed by atoms with Crippen LogP contribution in [0.2, 0.25) is 0 Å². The van der Waals surface area contributed by atoms with E-state index < -0.39 is 0 Å².